The standard InChI is InChI=1S/C24H28N2O5/c1-2-30-24(29)31-21-12-10-19(11-13-21)23(28)25-16-18-8-5-9-20(14-18)26-22(27)15-17-6-3-4-7-17/h5,8-14,17H,2-4,6-7,15-16H2,1H3,(H,25,28)(H,26,27). The van der Waals surface area contributed by atoms with Gasteiger partial charge < -0.3 is 20.1 Å². The summed E-state index contributed by atoms with van der Waals surface area (Å²) in [7, 11) is 0. The highest BCUT2D eigenvalue weighted by Gasteiger charge is 2.18. The molecule has 1 aliphatic rings. The lowest BCUT2D eigenvalue weighted by molar-refractivity contribution is -0.117. The van der Waals surface area contributed by atoms with Gasteiger partial charge in [-0.1, -0.05) is 25.0 Å². The molecule has 0 unspecified atom stereocenters. The van der Waals surface area contributed by atoms with Crippen LogP contribution in [-0.4, -0.2) is 24.6 Å². The second-order valence-electron chi connectivity index (χ2n) is 7.60. The number of benzene rings is 2. The third-order valence-corrected chi connectivity index (χ3v) is 5.19. The van der Waals surface area contributed by atoms with Crippen LogP contribution in [0.25, 0.3) is 0 Å². The molecule has 31 heavy (non-hydrogen) atoms. The van der Waals surface area contributed by atoms with Crippen LogP contribution in [0, 0.1) is 5.92 Å². The van der Waals surface area contributed by atoms with Crippen LogP contribution in [0.3, 0.4) is 0 Å². The lowest BCUT2D eigenvalue weighted by Gasteiger charge is -2.11. The van der Waals surface area contributed by atoms with Gasteiger partial charge in [-0.25, -0.2) is 4.79 Å². The van der Waals surface area contributed by atoms with Gasteiger partial charge in [0.25, 0.3) is 5.91 Å². The molecule has 0 radical (unpaired) electrons. The van der Waals surface area contributed by atoms with E-state index in [0.717, 1.165) is 24.1 Å². The molecule has 0 heterocycles. The second-order valence-corrected chi connectivity index (χ2v) is 7.60. The zero-order valence-electron chi connectivity index (χ0n) is 17.7. The van der Waals surface area contributed by atoms with Gasteiger partial charge in [-0.2, -0.15) is 0 Å². The molecule has 0 atom stereocenters. The molecule has 0 saturated heterocycles. The van der Waals surface area contributed by atoms with Gasteiger partial charge in [0.1, 0.15) is 5.75 Å². The molecular weight excluding hydrogens is 396 g/mol. The number of hydrogen-bond donors (Lipinski definition) is 2. The summed E-state index contributed by atoms with van der Waals surface area (Å²) in [6, 6.07) is 13.7. The third-order valence-electron chi connectivity index (χ3n) is 5.19. The normalized spacial score (nSPS) is 13.5. The van der Waals surface area contributed by atoms with Gasteiger partial charge >= 0.3 is 6.16 Å². The van der Waals surface area contributed by atoms with Crippen LogP contribution in [0.2, 0.25) is 0 Å². The van der Waals surface area contributed by atoms with E-state index in [1.54, 1.807) is 19.1 Å². The minimum Gasteiger partial charge on any atom is -0.434 e. The average Bonchev–Trinajstić information content (AvgIpc) is 3.26. The van der Waals surface area contributed by atoms with Crippen LogP contribution in [-0.2, 0) is 16.1 Å². The molecule has 1 aliphatic carbocycles. The molecule has 0 spiro atoms. The Labute approximate surface area is 182 Å². The van der Waals surface area contributed by atoms with Crippen LogP contribution >= 0.6 is 0 Å². The van der Waals surface area contributed by atoms with Crippen LogP contribution < -0.4 is 15.4 Å². The predicted molar refractivity (Wildman–Crippen MR) is 117 cm³/mol. The maximum Gasteiger partial charge on any atom is 0.513 e. The lowest BCUT2D eigenvalue weighted by Crippen LogP contribution is -2.23. The van der Waals surface area contributed by atoms with E-state index in [4.69, 9.17) is 9.47 Å². The molecule has 7 heteroatoms. The van der Waals surface area contributed by atoms with Gasteiger partial charge in [0.15, 0.2) is 0 Å². The van der Waals surface area contributed by atoms with Crippen molar-refractivity contribution in [3.63, 3.8) is 0 Å². The SMILES string of the molecule is CCOC(=O)Oc1ccc(C(=O)NCc2cccc(NC(=O)CC3CCCC3)c2)cc1. The number of carbonyl (C=O) groups is 3. The molecule has 3 rings (SSSR count). The Bertz CT molecular complexity index is 904. The fraction of sp³-hybridized carbons (Fsp3) is 0.375. The Hall–Kier alpha value is -3.35. The Morgan fingerprint density at radius 1 is 1.03 bits per heavy atom. The van der Waals surface area contributed by atoms with Crippen molar-refractivity contribution in [2.75, 3.05) is 11.9 Å². The molecule has 1 fully saturated rings. The van der Waals surface area contributed by atoms with E-state index in [9.17, 15) is 14.4 Å². The van der Waals surface area contributed by atoms with Gasteiger partial charge in [-0.15, -0.1) is 0 Å². The zero-order valence-corrected chi connectivity index (χ0v) is 17.7. The molecule has 2 amide bonds. The molecule has 7 nitrogen and oxygen atoms in total. The molecule has 2 N–H and O–H groups in total. The number of amides is 2. The Morgan fingerprint density at radius 3 is 2.48 bits per heavy atom. The molecule has 1 saturated carbocycles. The van der Waals surface area contributed by atoms with Gasteiger partial charge in [0.05, 0.1) is 6.61 Å². The monoisotopic (exact) mass is 424 g/mol. The van der Waals surface area contributed by atoms with Crippen molar-refractivity contribution < 1.29 is 23.9 Å². The molecule has 0 aliphatic heterocycles. The second kappa shape index (κ2) is 11.2. The smallest absolute Gasteiger partial charge is 0.434 e. The predicted octanol–water partition coefficient (Wildman–Crippen LogP) is 4.67. The van der Waals surface area contributed by atoms with Crippen molar-refractivity contribution in [3.8, 4) is 5.75 Å². The highest BCUT2D eigenvalue weighted by atomic mass is 16.7. The number of rotatable bonds is 8. The summed E-state index contributed by atoms with van der Waals surface area (Å²) in [5.74, 6) is 0.587. The highest BCUT2D eigenvalue weighted by Crippen LogP contribution is 2.27. The summed E-state index contributed by atoms with van der Waals surface area (Å²) in [6.45, 7) is 2.24. The summed E-state index contributed by atoms with van der Waals surface area (Å²) in [6.07, 6.45) is 4.49. The molecule has 0 aromatic heterocycles. The van der Waals surface area contributed by atoms with E-state index >= 15 is 0 Å². The summed E-state index contributed by atoms with van der Waals surface area (Å²) in [5.41, 5.74) is 2.06. The van der Waals surface area contributed by atoms with Crippen molar-refractivity contribution in [2.24, 2.45) is 5.92 Å². The Balaban J connectivity index is 1.49. The molecule has 2 aromatic rings. The highest BCUT2D eigenvalue weighted by molar-refractivity contribution is 5.94. The first-order chi connectivity index (χ1) is 15.0. The first-order valence-electron chi connectivity index (χ1n) is 10.6. The van der Waals surface area contributed by atoms with E-state index in [2.05, 4.69) is 10.6 Å². The lowest BCUT2D eigenvalue weighted by atomic mass is 10.0. The Morgan fingerprint density at radius 2 is 1.77 bits per heavy atom. The number of carbonyl (C=O) groups excluding carboxylic acids is 3. The van der Waals surface area contributed by atoms with E-state index in [1.165, 1.54) is 25.0 Å². The molecule has 2 aromatic carbocycles. The van der Waals surface area contributed by atoms with E-state index in [0.29, 0.717) is 30.2 Å². The number of anilines is 1. The third kappa shape index (κ3) is 7.13. The van der Waals surface area contributed by atoms with Gasteiger partial charge in [0.2, 0.25) is 5.91 Å². The maximum atomic E-state index is 12.4. The number of hydrogen-bond acceptors (Lipinski definition) is 5. The van der Waals surface area contributed by atoms with Crippen molar-refractivity contribution in [1.29, 1.82) is 0 Å². The molecule has 0 bridgehead atoms. The summed E-state index contributed by atoms with van der Waals surface area (Å²) in [5, 5.41) is 5.81. The van der Waals surface area contributed by atoms with Crippen molar-refractivity contribution in [3.05, 3.63) is 59.7 Å². The van der Waals surface area contributed by atoms with Crippen molar-refractivity contribution in [2.45, 2.75) is 45.6 Å². The van der Waals surface area contributed by atoms with Crippen molar-refractivity contribution >= 4 is 23.7 Å². The summed E-state index contributed by atoms with van der Waals surface area (Å²) in [4.78, 5) is 36.0. The first-order valence-corrected chi connectivity index (χ1v) is 10.6. The molecule has 164 valence electrons. The van der Waals surface area contributed by atoms with Crippen LogP contribution in [0.4, 0.5) is 10.5 Å². The Kier molecular flexibility index (Phi) is 8.04. The number of ether oxygens (including phenoxy) is 2. The average molecular weight is 424 g/mol. The minimum atomic E-state index is -0.782. The van der Waals surface area contributed by atoms with E-state index in [-0.39, 0.29) is 18.4 Å². The quantitative estimate of drug-likeness (QED) is 0.474. The van der Waals surface area contributed by atoms with Crippen molar-refractivity contribution in [1.82, 2.24) is 5.32 Å². The number of nitrogens with one attached hydrogen (secondary N) is 2. The topological polar surface area (TPSA) is 93.7 Å². The summed E-state index contributed by atoms with van der Waals surface area (Å²) >= 11 is 0. The zero-order chi connectivity index (χ0) is 22.1. The molecular formula is C24H28N2O5. The van der Waals surface area contributed by atoms with Gasteiger partial charge in [-0.3, -0.25) is 9.59 Å². The van der Waals surface area contributed by atoms with E-state index < -0.39 is 6.16 Å². The van der Waals surface area contributed by atoms with Gasteiger partial charge in [0, 0.05) is 24.2 Å². The fourth-order valence-corrected chi connectivity index (χ4v) is 3.65. The van der Waals surface area contributed by atoms with Crippen LogP contribution in [0.1, 0.15) is 54.9 Å². The largest absolute Gasteiger partial charge is 0.513 e. The minimum absolute atomic E-state index is 0.0400. The van der Waals surface area contributed by atoms with Gasteiger partial charge in [-0.05, 0) is 67.6 Å². The van der Waals surface area contributed by atoms with Crippen LogP contribution in [0.5, 0.6) is 5.75 Å². The van der Waals surface area contributed by atoms with Crippen LogP contribution in [0.15, 0.2) is 48.5 Å². The van der Waals surface area contributed by atoms with E-state index in [1.807, 2.05) is 24.3 Å². The fourth-order valence-electron chi connectivity index (χ4n) is 3.65. The first kappa shape index (κ1) is 22.3. The summed E-state index contributed by atoms with van der Waals surface area (Å²) < 4.78 is 9.69. The maximum absolute atomic E-state index is 12.4.